The minimum Gasteiger partial charge on any atom is -0.508 e. The van der Waals surface area contributed by atoms with Gasteiger partial charge in [-0.3, -0.25) is 4.57 Å². The van der Waals surface area contributed by atoms with Crippen molar-refractivity contribution in [2.75, 3.05) is 0 Å². The Balaban J connectivity index is 0.00000773. The molecule has 0 amide bonds. The Morgan fingerprint density at radius 3 is 1.78 bits per heavy atom. The van der Waals surface area contributed by atoms with Crippen LogP contribution in [0.2, 0.25) is 0 Å². The number of rotatable bonds is 9. The van der Waals surface area contributed by atoms with Gasteiger partial charge in [-0.1, -0.05) is 213 Å². The number of aromatic nitrogens is 5. The Morgan fingerprint density at radius 1 is 0.519 bits per heavy atom. The van der Waals surface area contributed by atoms with Crippen LogP contribution in [0.3, 0.4) is 0 Å². The average Bonchev–Trinajstić information content (AvgIpc) is 1.50. The van der Waals surface area contributed by atoms with E-state index in [2.05, 4.69) is 55.9 Å². The van der Waals surface area contributed by atoms with Crippen LogP contribution in [0.25, 0.3) is 111 Å². The number of fused-ring (bicyclic) bond motifs is 7. The van der Waals surface area contributed by atoms with E-state index in [0.29, 0.717) is 55.6 Å². The van der Waals surface area contributed by atoms with Crippen molar-refractivity contribution >= 4 is 54.6 Å². The zero-order valence-corrected chi connectivity index (χ0v) is 43.7. The summed E-state index contributed by atoms with van der Waals surface area (Å²) in [7, 11) is 0. The summed E-state index contributed by atoms with van der Waals surface area (Å²) in [6.45, 7) is 6.35. The normalized spacial score (nSPS) is 14.5. The molecule has 0 aliphatic heterocycles. The van der Waals surface area contributed by atoms with Crippen molar-refractivity contribution in [3.8, 4) is 67.8 Å². The molecule has 7 heteroatoms. The Labute approximate surface area is 482 Å². The van der Waals surface area contributed by atoms with E-state index in [1.54, 1.807) is 69.9 Å². The molecule has 0 fully saturated rings. The molecule has 0 saturated heterocycles. The van der Waals surface area contributed by atoms with Crippen LogP contribution in [-0.4, -0.2) is 18.7 Å². The summed E-state index contributed by atoms with van der Waals surface area (Å²) >= 11 is 0. The van der Waals surface area contributed by atoms with Crippen molar-refractivity contribution < 1.29 is 50.9 Å². The molecule has 0 unspecified atom stereocenters. The Kier molecular flexibility index (Phi) is 8.43. The minimum absolute atomic E-state index is 0. The number of hydrogen-bond donors (Lipinski definition) is 0. The van der Waals surface area contributed by atoms with Gasteiger partial charge in [-0.25, -0.2) is 4.98 Å². The van der Waals surface area contributed by atoms with E-state index in [4.69, 9.17) is 30.3 Å². The molecule has 0 atom stereocenters. The summed E-state index contributed by atoms with van der Waals surface area (Å²) < 4.78 is 147. The molecule has 0 N–H and O–H groups in total. The van der Waals surface area contributed by atoms with Crippen molar-refractivity contribution in [3.63, 3.8) is 0 Å². The second kappa shape index (κ2) is 19.2. The number of para-hydroxylation sites is 5. The van der Waals surface area contributed by atoms with E-state index < -0.39 is 78.6 Å². The predicted molar refractivity (Wildman–Crippen MR) is 309 cm³/mol. The summed E-state index contributed by atoms with van der Waals surface area (Å²) in [5, 5.41) is 3.29. The number of ether oxygens (including phenoxy) is 1. The van der Waals surface area contributed by atoms with Crippen molar-refractivity contribution in [2.24, 2.45) is 0 Å². The fourth-order valence-electron chi connectivity index (χ4n) is 10.3. The standard InChI is InChI=1S/C70H49N5O.Pt/c1-70(2,3)51-39-40-71-68(42-51)75-62-38-37-50(47-21-7-4-8-22-47)41-58(62)59-44-66(74-60-33-15-13-29-56(60)57-30-14-16-34-61(57)74)67(45-65(59)75)76-53-28-19-27-52(43-53)72-46-73(64-36-18-17-35-63(64)72)69-54(48-23-9-5-10-24-48)31-20-32-55(69)49-25-11-6-12-26-49;/h4-42,44H,1-3H3;/q-2;/i4D,5D,6D,7D,8D,9D,10D,11D,12D,21D,22D,23D,24D,25D,26D;. The second-order valence-corrected chi connectivity index (χ2v) is 19.3. The summed E-state index contributed by atoms with van der Waals surface area (Å²) in [5.41, 5.74) is 6.01. The van der Waals surface area contributed by atoms with Gasteiger partial charge < -0.3 is 18.4 Å². The van der Waals surface area contributed by atoms with Gasteiger partial charge >= 0.3 is 0 Å². The van der Waals surface area contributed by atoms with E-state index in [9.17, 15) is 0 Å². The van der Waals surface area contributed by atoms with E-state index >= 15 is 0 Å². The smallest absolute Gasteiger partial charge is 0.268 e. The fourth-order valence-corrected chi connectivity index (χ4v) is 10.3. The van der Waals surface area contributed by atoms with Gasteiger partial charge in [-0.05, 0) is 91.5 Å². The van der Waals surface area contributed by atoms with Crippen LogP contribution in [0.15, 0.2) is 242 Å². The Hall–Kier alpha value is -9.09. The summed E-state index contributed by atoms with van der Waals surface area (Å²) in [6, 6.07) is 44.2. The van der Waals surface area contributed by atoms with E-state index in [-0.39, 0.29) is 83.6 Å². The molecule has 4 aromatic heterocycles. The van der Waals surface area contributed by atoms with Crippen LogP contribution >= 0.6 is 0 Å². The Morgan fingerprint density at radius 2 is 1.12 bits per heavy atom. The van der Waals surface area contributed by atoms with Crippen molar-refractivity contribution in [2.45, 2.75) is 26.2 Å². The maximum absolute atomic E-state index is 9.17. The van der Waals surface area contributed by atoms with Crippen LogP contribution in [0.1, 0.15) is 46.9 Å². The Bertz CT molecular complexity index is 5250. The van der Waals surface area contributed by atoms with Gasteiger partial charge in [0, 0.05) is 66.1 Å². The largest absolute Gasteiger partial charge is 0.508 e. The molecule has 0 spiro atoms. The van der Waals surface area contributed by atoms with Gasteiger partial charge in [0.05, 0.1) is 37.3 Å². The number of nitrogens with zero attached hydrogens (tertiary/aromatic N) is 5. The molecule has 10 aromatic carbocycles. The van der Waals surface area contributed by atoms with Crippen molar-refractivity contribution in [3.05, 3.63) is 266 Å². The first-order valence-electron chi connectivity index (χ1n) is 32.1. The molecule has 14 aromatic rings. The molecular weight excluding hydrogens is 1120 g/mol. The van der Waals surface area contributed by atoms with Gasteiger partial charge in [0.15, 0.2) is 0 Å². The molecule has 0 aliphatic rings. The summed E-state index contributed by atoms with van der Waals surface area (Å²) in [6.07, 6.45) is 5.20. The fraction of sp³-hybridized carbons (Fsp3) is 0.0571. The summed E-state index contributed by atoms with van der Waals surface area (Å²) in [5.74, 6) is 1.06. The third-order valence-electron chi connectivity index (χ3n) is 13.8. The molecule has 0 aliphatic carbocycles. The third kappa shape index (κ3) is 8.24. The molecule has 0 radical (unpaired) electrons. The zero-order chi connectivity index (χ0) is 64.0. The van der Waals surface area contributed by atoms with Crippen LogP contribution in [0.4, 0.5) is 0 Å². The van der Waals surface area contributed by atoms with E-state index in [0.717, 1.165) is 27.4 Å². The maximum Gasteiger partial charge on any atom is 0.268 e. The van der Waals surface area contributed by atoms with Crippen LogP contribution < -0.4 is 9.30 Å². The first-order chi connectivity index (χ1) is 43.5. The van der Waals surface area contributed by atoms with Gasteiger partial charge in [-0.2, -0.15) is 12.1 Å². The topological polar surface area (TPSA) is 40.8 Å². The van der Waals surface area contributed by atoms with Crippen molar-refractivity contribution in [1.82, 2.24) is 18.7 Å². The van der Waals surface area contributed by atoms with Gasteiger partial charge in [0.1, 0.15) is 5.82 Å². The van der Waals surface area contributed by atoms with Gasteiger partial charge in [0.25, 0.3) is 6.33 Å². The number of pyridine rings is 1. The predicted octanol–water partition coefficient (Wildman–Crippen LogP) is 17.0. The molecule has 6 nitrogen and oxygen atoms in total. The quantitative estimate of drug-likeness (QED) is 0.107. The number of imidazole rings is 1. The SMILES string of the molecule is [2H]c1c([2H])c([2H])c(-c2ccc3c(c2)c2cc(-n4c5ccccc5c5ccccc54)c(Oc4[c-]c(-n5[c-][n+](-c6c(-c7c([2H])c([2H])c([2H])c([2H])c7[2H])cccc6-c6c([2H])c([2H])c([2H])c([2H])c6[2H])c6ccccc65)ccc4)[c-]c2n3-c2cc(C(C)(C)C)ccn2)c([2H])c1[2H].[Pt]. The third-order valence-corrected chi connectivity index (χ3v) is 13.8. The van der Waals surface area contributed by atoms with Crippen LogP contribution in [0.5, 0.6) is 11.5 Å². The van der Waals surface area contributed by atoms with E-state index in [1.807, 2.05) is 83.4 Å². The van der Waals surface area contributed by atoms with Gasteiger partial charge in [0.2, 0.25) is 0 Å². The first kappa shape index (κ1) is 33.8. The average molecular weight is 1190 g/mol. The summed E-state index contributed by atoms with van der Waals surface area (Å²) in [4.78, 5) is 4.95. The molecule has 77 heavy (non-hydrogen) atoms. The second-order valence-electron chi connectivity index (χ2n) is 19.3. The molecule has 0 bridgehead atoms. The molecular formula is C70H49N5OPt-2. The van der Waals surface area contributed by atoms with Crippen LogP contribution in [0, 0.1) is 18.5 Å². The number of hydrogen-bond acceptors (Lipinski definition) is 2. The van der Waals surface area contributed by atoms with Crippen molar-refractivity contribution in [1.29, 1.82) is 0 Å². The molecule has 4 heterocycles. The zero-order valence-electron chi connectivity index (χ0n) is 56.4. The molecule has 372 valence electrons. The van der Waals surface area contributed by atoms with Gasteiger partial charge in [-0.15, -0.1) is 24.3 Å². The number of benzene rings is 10. The van der Waals surface area contributed by atoms with Crippen LogP contribution in [-0.2, 0) is 26.5 Å². The minimum atomic E-state index is -0.607. The maximum atomic E-state index is 9.17. The molecule has 14 rings (SSSR count). The molecule has 0 saturated carbocycles. The monoisotopic (exact) mass is 1190 g/mol. The first-order valence-corrected chi connectivity index (χ1v) is 24.6. The van der Waals surface area contributed by atoms with E-state index in [1.165, 1.54) is 0 Å².